The Labute approximate surface area is 138 Å². The maximum Gasteiger partial charge on any atom is 0.416 e. The van der Waals surface area contributed by atoms with Gasteiger partial charge in [-0.3, -0.25) is 9.78 Å². The number of nitrogen functional groups attached to an aromatic ring is 1. The average Bonchev–Trinajstić information content (AvgIpc) is 2.87. The van der Waals surface area contributed by atoms with Crippen molar-refractivity contribution in [3.63, 3.8) is 0 Å². The van der Waals surface area contributed by atoms with Crippen molar-refractivity contribution < 1.29 is 13.2 Å². The Morgan fingerprint density at radius 1 is 1.17 bits per heavy atom. The number of thiazole rings is 1. The van der Waals surface area contributed by atoms with Gasteiger partial charge in [-0.15, -0.1) is 11.3 Å². The molecule has 0 saturated heterocycles. The Balaban J connectivity index is 2.01. The molecule has 124 valence electrons. The van der Waals surface area contributed by atoms with Gasteiger partial charge in [0, 0.05) is 11.6 Å². The first-order chi connectivity index (χ1) is 11.2. The molecular formula is C15H11F3N4OS. The van der Waals surface area contributed by atoms with E-state index in [2.05, 4.69) is 15.0 Å². The van der Waals surface area contributed by atoms with E-state index in [1.807, 2.05) is 0 Å². The van der Waals surface area contributed by atoms with Crippen molar-refractivity contribution in [2.45, 2.75) is 13.1 Å². The molecule has 0 aliphatic rings. The molecule has 3 N–H and O–H groups in total. The van der Waals surface area contributed by atoms with Gasteiger partial charge >= 0.3 is 6.18 Å². The fraction of sp³-hybridized carbons (Fsp3) is 0.133. The van der Waals surface area contributed by atoms with Gasteiger partial charge in [-0.05, 0) is 19.1 Å². The molecular weight excluding hydrogens is 341 g/mol. The summed E-state index contributed by atoms with van der Waals surface area (Å²) in [5, 5.41) is 0.539. The summed E-state index contributed by atoms with van der Waals surface area (Å²) in [5.41, 5.74) is 5.98. The van der Waals surface area contributed by atoms with E-state index in [0.717, 1.165) is 12.1 Å². The highest BCUT2D eigenvalue weighted by Gasteiger charge is 2.30. The second kappa shape index (κ2) is 5.75. The van der Waals surface area contributed by atoms with E-state index in [-0.39, 0.29) is 11.5 Å². The predicted octanol–water partition coefficient (Wildman–Crippen LogP) is 3.47. The van der Waals surface area contributed by atoms with E-state index >= 15 is 0 Å². The van der Waals surface area contributed by atoms with Crippen LogP contribution in [0.4, 0.5) is 19.1 Å². The van der Waals surface area contributed by atoms with Crippen molar-refractivity contribution in [1.29, 1.82) is 0 Å². The number of nitrogens with two attached hydrogens (primary N) is 1. The molecule has 2 heterocycles. The summed E-state index contributed by atoms with van der Waals surface area (Å²) in [7, 11) is 0. The van der Waals surface area contributed by atoms with Gasteiger partial charge in [0.2, 0.25) is 5.95 Å². The van der Waals surface area contributed by atoms with Gasteiger partial charge in [0.25, 0.3) is 5.56 Å². The lowest BCUT2D eigenvalue weighted by Crippen LogP contribution is -2.10. The van der Waals surface area contributed by atoms with Gasteiger partial charge < -0.3 is 5.73 Å². The van der Waals surface area contributed by atoms with E-state index in [4.69, 9.17) is 5.73 Å². The number of rotatable bonds is 2. The third-order valence-electron chi connectivity index (χ3n) is 3.25. The van der Waals surface area contributed by atoms with Crippen molar-refractivity contribution in [1.82, 2.24) is 15.0 Å². The van der Waals surface area contributed by atoms with Crippen LogP contribution in [0.3, 0.4) is 0 Å². The summed E-state index contributed by atoms with van der Waals surface area (Å²) in [6.07, 6.45) is -4.38. The van der Waals surface area contributed by atoms with Gasteiger partial charge in [0.15, 0.2) is 0 Å². The summed E-state index contributed by atoms with van der Waals surface area (Å²) >= 11 is 1.23. The van der Waals surface area contributed by atoms with Gasteiger partial charge in [0.05, 0.1) is 21.8 Å². The fourth-order valence-corrected chi connectivity index (χ4v) is 3.18. The summed E-state index contributed by atoms with van der Waals surface area (Å²) in [6, 6.07) is 6.05. The van der Waals surface area contributed by atoms with Crippen LogP contribution in [0.5, 0.6) is 0 Å². The smallest absolute Gasteiger partial charge is 0.369 e. The van der Waals surface area contributed by atoms with Crippen LogP contribution in [-0.4, -0.2) is 15.0 Å². The molecule has 0 unspecified atom stereocenters. The van der Waals surface area contributed by atoms with Crippen molar-refractivity contribution in [2.24, 2.45) is 0 Å². The third-order valence-corrected chi connectivity index (χ3v) is 4.48. The standard InChI is InChI=1S/C15H11F3N4OS/c1-7-12(10-6-11(23)22-14(19)21-10)24-13(20-7)8-2-4-9(5-3-8)15(16,17)18/h2-6H,1H3,(H3,19,21,22,23). The molecule has 9 heteroatoms. The largest absolute Gasteiger partial charge is 0.416 e. The van der Waals surface area contributed by atoms with Crippen LogP contribution in [0, 0.1) is 6.92 Å². The van der Waals surface area contributed by atoms with Crippen LogP contribution in [0.1, 0.15) is 11.3 Å². The first-order valence-electron chi connectivity index (χ1n) is 6.76. The van der Waals surface area contributed by atoms with Gasteiger partial charge in [-0.1, -0.05) is 12.1 Å². The van der Waals surface area contributed by atoms with Crippen LogP contribution in [0.2, 0.25) is 0 Å². The summed E-state index contributed by atoms with van der Waals surface area (Å²) < 4.78 is 37.9. The minimum atomic E-state index is -4.38. The zero-order valence-electron chi connectivity index (χ0n) is 12.3. The number of aryl methyl sites for hydroxylation is 1. The third kappa shape index (κ3) is 3.16. The number of nitrogens with zero attached hydrogens (tertiary/aromatic N) is 2. The fourth-order valence-electron chi connectivity index (χ4n) is 2.15. The molecule has 0 amide bonds. The molecule has 0 aliphatic carbocycles. The normalized spacial score (nSPS) is 11.7. The zero-order chi connectivity index (χ0) is 17.5. The highest BCUT2D eigenvalue weighted by Crippen LogP contribution is 2.35. The van der Waals surface area contributed by atoms with Crippen LogP contribution in [0.15, 0.2) is 35.1 Å². The number of hydrogen-bond acceptors (Lipinski definition) is 5. The maximum atomic E-state index is 12.6. The van der Waals surface area contributed by atoms with E-state index in [1.165, 1.54) is 29.5 Å². The summed E-state index contributed by atoms with van der Waals surface area (Å²) in [4.78, 5) is 22.9. The number of benzene rings is 1. The number of nitrogens with one attached hydrogen (secondary N) is 1. The maximum absolute atomic E-state index is 12.6. The van der Waals surface area contributed by atoms with Crippen molar-refractivity contribution in [3.8, 4) is 21.1 Å². The molecule has 5 nitrogen and oxygen atoms in total. The highest BCUT2D eigenvalue weighted by atomic mass is 32.1. The Morgan fingerprint density at radius 2 is 1.83 bits per heavy atom. The van der Waals surface area contributed by atoms with Crippen LogP contribution in [0.25, 0.3) is 21.1 Å². The Hall–Kier alpha value is -2.68. The second-order valence-corrected chi connectivity index (χ2v) is 6.02. The predicted molar refractivity (Wildman–Crippen MR) is 85.6 cm³/mol. The summed E-state index contributed by atoms with van der Waals surface area (Å²) in [5.74, 6) is -0.0126. The van der Waals surface area contributed by atoms with Crippen molar-refractivity contribution in [2.75, 3.05) is 5.73 Å². The summed E-state index contributed by atoms with van der Waals surface area (Å²) in [6.45, 7) is 1.73. The molecule has 0 spiro atoms. The number of aromatic nitrogens is 3. The van der Waals surface area contributed by atoms with Crippen molar-refractivity contribution in [3.05, 3.63) is 51.9 Å². The second-order valence-electron chi connectivity index (χ2n) is 5.02. The van der Waals surface area contributed by atoms with Crippen LogP contribution < -0.4 is 11.3 Å². The first-order valence-corrected chi connectivity index (χ1v) is 7.58. The van der Waals surface area contributed by atoms with Gasteiger partial charge in [0.1, 0.15) is 5.01 Å². The number of alkyl halides is 3. The quantitative estimate of drug-likeness (QED) is 0.740. The molecule has 0 saturated carbocycles. The first kappa shape index (κ1) is 16.2. The molecule has 24 heavy (non-hydrogen) atoms. The van der Waals surface area contributed by atoms with Gasteiger partial charge in [-0.2, -0.15) is 13.2 Å². The Bertz CT molecular complexity index is 945. The number of anilines is 1. The number of H-pyrrole nitrogens is 1. The average molecular weight is 352 g/mol. The molecule has 0 atom stereocenters. The molecule has 0 aliphatic heterocycles. The topological polar surface area (TPSA) is 84.7 Å². The number of aromatic amines is 1. The SMILES string of the molecule is Cc1nc(-c2ccc(C(F)(F)F)cc2)sc1-c1cc(=O)[nH]c(N)n1. The minimum absolute atomic E-state index is 0.0126. The van der Waals surface area contributed by atoms with E-state index in [9.17, 15) is 18.0 Å². The molecule has 3 aromatic rings. The number of hydrogen-bond donors (Lipinski definition) is 2. The van der Waals surface area contributed by atoms with Crippen LogP contribution in [-0.2, 0) is 6.18 Å². The molecule has 2 aromatic heterocycles. The Kier molecular flexibility index (Phi) is 3.88. The van der Waals surface area contributed by atoms with E-state index in [1.54, 1.807) is 6.92 Å². The van der Waals surface area contributed by atoms with Gasteiger partial charge in [-0.25, -0.2) is 9.97 Å². The zero-order valence-corrected chi connectivity index (χ0v) is 13.1. The molecule has 0 bridgehead atoms. The minimum Gasteiger partial charge on any atom is -0.369 e. The lowest BCUT2D eigenvalue weighted by molar-refractivity contribution is -0.137. The van der Waals surface area contributed by atoms with Crippen LogP contribution >= 0.6 is 11.3 Å². The monoisotopic (exact) mass is 352 g/mol. The lowest BCUT2D eigenvalue weighted by Gasteiger charge is -2.06. The highest BCUT2D eigenvalue weighted by molar-refractivity contribution is 7.18. The van der Waals surface area contributed by atoms with E-state index in [0.29, 0.717) is 26.8 Å². The molecule has 3 rings (SSSR count). The lowest BCUT2D eigenvalue weighted by atomic mass is 10.1. The van der Waals surface area contributed by atoms with E-state index < -0.39 is 11.7 Å². The van der Waals surface area contributed by atoms with Crippen molar-refractivity contribution >= 4 is 17.3 Å². The molecule has 0 radical (unpaired) electrons. The Morgan fingerprint density at radius 3 is 2.42 bits per heavy atom. The molecule has 1 aromatic carbocycles. The number of halogens is 3. The molecule has 0 fully saturated rings.